The van der Waals surface area contributed by atoms with Crippen molar-refractivity contribution >= 4 is 0 Å². The summed E-state index contributed by atoms with van der Waals surface area (Å²) in [6.45, 7) is 8.42. The second kappa shape index (κ2) is 11.1. The lowest BCUT2D eigenvalue weighted by Crippen LogP contribution is -1.90. The van der Waals surface area contributed by atoms with Crippen molar-refractivity contribution in [2.45, 2.75) is 71.6 Å². The number of hydrogen-bond acceptors (Lipinski definition) is 0. The molecule has 0 saturated heterocycles. The van der Waals surface area contributed by atoms with Gasteiger partial charge in [0.05, 0.1) is 0 Å². The molecule has 0 spiro atoms. The van der Waals surface area contributed by atoms with Gasteiger partial charge >= 0.3 is 0 Å². The zero-order chi connectivity index (χ0) is 10.6. The zero-order valence-electron chi connectivity index (χ0n) is 10.2. The predicted octanol–water partition coefficient (Wildman–Crippen LogP) is 5.19. The highest BCUT2D eigenvalue weighted by Crippen LogP contribution is 2.14. The molecule has 14 heavy (non-hydrogen) atoms. The lowest BCUT2D eigenvalue weighted by atomic mass is 10.0. The van der Waals surface area contributed by atoms with Gasteiger partial charge in [0.25, 0.3) is 0 Å². The first kappa shape index (κ1) is 14.0. The molecule has 84 valence electrons. The maximum absolute atomic E-state index is 3.99. The molecule has 0 nitrogen and oxygen atoms in total. The molecule has 1 aliphatic carbocycles. The summed E-state index contributed by atoms with van der Waals surface area (Å²) in [5, 5.41) is 0. The van der Waals surface area contributed by atoms with Gasteiger partial charge in [0.15, 0.2) is 0 Å². The van der Waals surface area contributed by atoms with E-state index in [0.29, 0.717) is 5.92 Å². The van der Waals surface area contributed by atoms with Crippen LogP contribution < -0.4 is 0 Å². The van der Waals surface area contributed by atoms with Gasteiger partial charge in [-0.3, -0.25) is 0 Å². The molecular weight excluding hydrogens is 168 g/mol. The Hall–Kier alpha value is 0. The van der Waals surface area contributed by atoms with Crippen molar-refractivity contribution in [2.24, 2.45) is 5.92 Å². The van der Waals surface area contributed by atoms with Gasteiger partial charge in [0, 0.05) is 0 Å². The summed E-state index contributed by atoms with van der Waals surface area (Å²) in [7, 11) is 0. The van der Waals surface area contributed by atoms with Crippen LogP contribution in [-0.4, -0.2) is 0 Å². The maximum Gasteiger partial charge on any atom is -0.0386 e. The Morgan fingerprint density at radius 1 is 1.14 bits per heavy atom. The fraction of sp³-hybridized carbons (Fsp3) is 0.857. The van der Waals surface area contributed by atoms with Crippen molar-refractivity contribution in [1.82, 2.24) is 0 Å². The van der Waals surface area contributed by atoms with E-state index in [4.69, 9.17) is 0 Å². The summed E-state index contributed by atoms with van der Waals surface area (Å²) in [5.41, 5.74) is 0. The van der Waals surface area contributed by atoms with Crippen LogP contribution in [0.3, 0.4) is 0 Å². The monoisotopic (exact) mass is 196 g/mol. The van der Waals surface area contributed by atoms with Gasteiger partial charge in [0.2, 0.25) is 0 Å². The molecule has 1 rings (SSSR count). The molecule has 0 aromatic heterocycles. The Morgan fingerprint density at radius 3 is 2.07 bits per heavy atom. The number of unbranched alkanes of at least 4 members (excludes halogenated alkanes) is 1. The van der Waals surface area contributed by atoms with E-state index in [9.17, 15) is 0 Å². The van der Waals surface area contributed by atoms with E-state index in [1.165, 1.54) is 57.8 Å². The van der Waals surface area contributed by atoms with Gasteiger partial charge in [0.1, 0.15) is 0 Å². The predicted molar refractivity (Wildman–Crippen MR) is 66.0 cm³/mol. The molecule has 0 amide bonds. The topological polar surface area (TPSA) is 0 Å². The fourth-order valence-electron chi connectivity index (χ4n) is 1.60. The van der Waals surface area contributed by atoms with E-state index in [1.54, 1.807) is 0 Å². The minimum Gasteiger partial charge on any atom is -0.0654 e. The van der Waals surface area contributed by atoms with Gasteiger partial charge in [-0.25, -0.2) is 0 Å². The van der Waals surface area contributed by atoms with E-state index in [0.717, 1.165) is 0 Å². The van der Waals surface area contributed by atoms with Crippen LogP contribution >= 0.6 is 0 Å². The summed E-state index contributed by atoms with van der Waals surface area (Å²) in [5.74, 6) is 0.704. The highest BCUT2D eigenvalue weighted by molar-refractivity contribution is 4.69. The van der Waals surface area contributed by atoms with Gasteiger partial charge in [-0.2, -0.15) is 0 Å². The van der Waals surface area contributed by atoms with E-state index >= 15 is 0 Å². The summed E-state index contributed by atoms with van der Waals surface area (Å²) < 4.78 is 0. The lowest BCUT2D eigenvalue weighted by molar-refractivity contribution is 0.537. The Bertz CT molecular complexity index is 80.7. The average molecular weight is 196 g/mol. The van der Waals surface area contributed by atoms with Gasteiger partial charge in [-0.15, -0.1) is 0 Å². The van der Waals surface area contributed by atoms with Gasteiger partial charge in [-0.05, 0) is 12.3 Å². The van der Waals surface area contributed by atoms with Crippen molar-refractivity contribution in [3.05, 3.63) is 13.3 Å². The lowest BCUT2D eigenvalue weighted by Gasteiger charge is -2.05. The highest BCUT2D eigenvalue weighted by Gasteiger charge is 1.96. The molecule has 0 heteroatoms. The molecule has 1 unspecified atom stereocenters. The van der Waals surface area contributed by atoms with Crippen LogP contribution in [0.5, 0.6) is 0 Å². The smallest absolute Gasteiger partial charge is 0.0386 e. The first-order chi connectivity index (χ1) is 6.81. The molecule has 0 aliphatic heterocycles. The van der Waals surface area contributed by atoms with Crippen LogP contribution in [0.2, 0.25) is 0 Å². The van der Waals surface area contributed by atoms with Gasteiger partial charge < -0.3 is 0 Å². The largest absolute Gasteiger partial charge is 0.0654 e. The minimum absolute atomic E-state index is 0.704. The molecule has 0 aromatic rings. The third-order valence-corrected chi connectivity index (χ3v) is 2.86. The normalized spacial score (nSPS) is 18.2. The van der Waals surface area contributed by atoms with Crippen LogP contribution in [0, 0.1) is 19.3 Å². The Morgan fingerprint density at radius 2 is 1.79 bits per heavy atom. The number of hydrogen-bond donors (Lipinski definition) is 0. The third-order valence-electron chi connectivity index (χ3n) is 2.86. The third kappa shape index (κ3) is 10.1. The van der Waals surface area contributed by atoms with E-state index in [-0.39, 0.29) is 0 Å². The average Bonchev–Trinajstić information content (AvgIpc) is 2.29. The van der Waals surface area contributed by atoms with Crippen LogP contribution in [0.25, 0.3) is 0 Å². The molecule has 0 bridgehead atoms. The highest BCUT2D eigenvalue weighted by atomic mass is 14.0. The van der Waals surface area contributed by atoms with E-state index in [2.05, 4.69) is 27.2 Å². The van der Waals surface area contributed by atoms with Crippen LogP contribution in [0.4, 0.5) is 0 Å². The molecule has 1 saturated carbocycles. The molecule has 0 heterocycles. The minimum atomic E-state index is 0.704. The first-order valence-corrected chi connectivity index (χ1v) is 6.46. The summed E-state index contributed by atoms with van der Waals surface area (Å²) in [6.07, 6.45) is 14.7. The van der Waals surface area contributed by atoms with Crippen LogP contribution in [-0.2, 0) is 0 Å². The van der Waals surface area contributed by atoms with Crippen LogP contribution in [0.1, 0.15) is 71.6 Å². The Labute approximate surface area is 91.5 Å². The van der Waals surface area contributed by atoms with Crippen molar-refractivity contribution in [3.63, 3.8) is 0 Å². The molecular formula is C14H28. The molecule has 1 atom stereocenters. The molecule has 2 radical (unpaired) electrons. The van der Waals surface area contributed by atoms with Crippen molar-refractivity contribution in [1.29, 1.82) is 0 Å². The molecule has 1 aliphatic rings. The summed E-state index contributed by atoms with van der Waals surface area (Å²) in [6, 6.07) is 0. The Kier molecular flexibility index (Phi) is 11.1. The second-order valence-electron chi connectivity index (χ2n) is 4.34. The van der Waals surface area contributed by atoms with E-state index in [1.807, 2.05) is 0 Å². The number of rotatable bonds is 4. The molecule has 0 aromatic carbocycles. The van der Waals surface area contributed by atoms with E-state index < -0.39 is 0 Å². The Balaban J connectivity index is 0.000000249. The first-order valence-electron chi connectivity index (χ1n) is 6.46. The quantitative estimate of drug-likeness (QED) is 0.580. The summed E-state index contributed by atoms with van der Waals surface area (Å²) in [4.78, 5) is 0. The second-order valence-corrected chi connectivity index (χ2v) is 4.34. The SMILES string of the molecule is [CH2]C(CC)CCCC.[CH]1CCCCC1. The fourth-order valence-corrected chi connectivity index (χ4v) is 1.60. The summed E-state index contributed by atoms with van der Waals surface area (Å²) >= 11 is 0. The molecule has 0 N–H and O–H groups in total. The van der Waals surface area contributed by atoms with Gasteiger partial charge in [-0.1, -0.05) is 78.6 Å². The van der Waals surface area contributed by atoms with Crippen LogP contribution in [0.15, 0.2) is 0 Å². The van der Waals surface area contributed by atoms with Crippen molar-refractivity contribution in [2.75, 3.05) is 0 Å². The van der Waals surface area contributed by atoms with Crippen molar-refractivity contribution in [3.8, 4) is 0 Å². The zero-order valence-corrected chi connectivity index (χ0v) is 10.2. The standard InChI is InChI=1S/C8H17.C6H11/c1-4-6-7-8(3)5-2;1-2-4-6-5-3-1/h8H,3-7H2,1-2H3;1H,2-6H2. The molecule has 1 fully saturated rings. The van der Waals surface area contributed by atoms with Crippen molar-refractivity contribution < 1.29 is 0 Å². The maximum atomic E-state index is 3.99.